The van der Waals surface area contributed by atoms with Crippen molar-refractivity contribution in [3.8, 4) is 33.4 Å². The maximum absolute atomic E-state index is 9.77. The zero-order valence-corrected chi connectivity index (χ0v) is 27.3. The van der Waals surface area contributed by atoms with Crippen molar-refractivity contribution in [3.63, 3.8) is 0 Å². The molecule has 1 aliphatic rings. The van der Waals surface area contributed by atoms with Crippen molar-refractivity contribution in [3.05, 3.63) is 169 Å². The molecule has 0 amide bonds. The fourth-order valence-electron chi connectivity index (χ4n) is 8.76. The van der Waals surface area contributed by atoms with Gasteiger partial charge in [-0.3, -0.25) is 0 Å². The lowest BCUT2D eigenvalue weighted by Crippen LogP contribution is -2.16. The lowest BCUT2D eigenvalue weighted by molar-refractivity contribution is 0.650. The molecule has 50 heavy (non-hydrogen) atoms. The number of hydrogen-bond donors (Lipinski definition) is 0. The quantitative estimate of drug-likeness (QED) is 0.135. The minimum absolute atomic E-state index is 0.165. The molecule has 1 heterocycles. The first-order valence-corrected chi connectivity index (χ1v) is 16.9. The Morgan fingerprint density at radius 3 is 1.86 bits per heavy atom. The second kappa shape index (κ2) is 9.94. The first kappa shape index (κ1) is 21.0. The third kappa shape index (κ3) is 3.56. The molecular weight excluding hydrogens is 605 g/mol. The van der Waals surface area contributed by atoms with E-state index in [1.165, 1.54) is 0 Å². The van der Waals surface area contributed by atoms with Crippen LogP contribution in [0.1, 0.15) is 35.9 Å². The summed E-state index contributed by atoms with van der Waals surface area (Å²) in [4.78, 5) is 0. The highest BCUT2D eigenvalue weighted by atomic mass is 16.3. The minimum Gasteiger partial charge on any atom is -0.455 e. The van der Waals surface area contributed by atoms with E-state index in [2.05, 4.69) is 32.0 Å². The summed E-state index contributed by atoms with van der Waals surface area (Å²) in [5.41, 5.74) is 6.09. The smallest absolute Gasteiger partial charge is 0.143 e. The van der Waals surface area contributed by atoms with Gasteiger partial charge in [-0.1, -0.05) is 159 Å². The van der Waals surface area contributed by atoms with Crippen LogP contribution >= 0.6 is 0 Å². The Kier molecular flexibility index (Phi) is 4.18. The number of para-hydroxylation sites is 1. The van der Waals surface area contributed by atoms with Crippen LogP contribution in [0.4, 0.5) is 0 Å². The van der Waals surface area contributed by atoms with E-state index in [1.54, 1.807) is 0 Å². The van der Waals surface area contributed by atoms with Crippen LogP contribution in [0.15, 0.2) is 162 Å². The van der Waals surface area contributed by atoms with Crippen molar-refractivity contribution < 1.29 is 15.4 Å². The molecule has 1 nitrogen and oxygen atoms in total. The van der Waals surface area contributed by atoms with Gasteiger partial charge in [-0.15, -0.1) is 0 Å². The van der Waals surface area contributed by atoms with Gasteiger partial charge >= 0.3 is 0 Å². The largest absolute Gasteiger partial charge is 0.455 e. The monoisotopic (exact) mass is 644 g/mol. The van der Waals surface area contributed by atoms with Gasteiger partial charge < -0.3 is 4.42 Å². The maximum atomic E-state index is 9.77. The van der Waals surface area contributed by atoms with Gasteiger partial charge in [-0.2, -0.15) is 0 Å². The number of furan rings is 1. The summed E-state index contributed by atoms with van der Waals surface area (Å²) >= 11 is 0. The van der Waals surface area contributed by atoms with Crippen LogP contribution in [0, 0.1) is 0 Å². The number of fused-ring (bicyclic) bond motifs is 11. The predicted octanol–water partition coefficient (Wildman–Crippen LogP) is 13.8. The van der Waals surface area contributed by atoms with Crippen LogP contribution in [0.25, 0.3) is 98.4 Å². The standard InChI is InChI=1S/C49H32O/c1-49(2)42-24-11-9-16-33(42)40-28-41-34-17-10-12-25-43(34)50-48(41)46(47(40)49)45-38-20-7-5-18-36(38)44(37-19-6-8-21-39(37)45)35-23-13-22-31-30-15-4-3-14-29(30)26-27-32(31)35/h3-28H,1-2H3/i5D,6D,7D,8D,18D,19D,20D,21D. The Morgan fingerprint density at radius 1 is 0.460 bits per heavy atom. The van der Waals surface area contributed by atoms with E-state index in [0.717, 1.165) is 54.6 Å². The van der Waals surface area contributed by atoms with Gasteiger partial charge in [-0.05, 0) is 88.6 Å². The first-order valence-electron chi connectivity index (χ1n) is 20.9. The second-order valence-corrected chi connectivity index (χ2v) is 13.8. The van der Waals surface area contributed by atoms with Crippen molar-refractivity contribution >= 4 is 65.0 Å². The van der Waals surface area contributed by atoms with Crippen molar-refractivity contribution in [2.24, 2.45) is 0 Å². The summed E-state index contributed by atoms with van der Waals surface area (Å²) in [6, 6.07) is 32.9. The third-order valence-electron chi connectivity index (χ3n) is 10.9. The van der Waals surface area contributed by atoms with Crippen LogP contribution in [0.5, 0.6) is 0 Å². The van der Waals surface area contributed by atoms with Crippen molar-refractivity contribution in [1.29, 1.82) is 0 Å². The van der Waals surface area contributed by atoms with Gasteiger partial charge in [0.1, 0.15) is 11.2 Å². The highest BCUT2D eigenvalue weighted by molar-refractivity contribution is 6.28. The molecular formula is C49H32O. The summed E-state index contributed by atoms with van der Waals surface area (Å²) in [5, 5.41) is 6.05. The zero-order valence-electron chi connectivity index (χ0n) is 35.3. The fraction of sp³-hybridized carbons (Fsp3) is 0.0612. The molecule has 0 fully saturated rings. The molecule has 0 saturated heterocycles. The van der Waals surface area contributed by atoms with Gasteiger partial charge in [-0.25, -0.2) is 0 Å². The molecule has 0 atom stereocenters. The van der Waals surface area contributed by atoms with E-state index < -0.39 is 29.6 Å². The molecule has 1 heteroatoms. The van der Waals surface area contributed by atoms with Gasteiger partial charge in [0.25, 0.3) is 0 Å². The molecule has 0 unspecified atom stereocenters. The molecule has 9 aromatic carbocycles. The van der Waals surface area contributed by atoms with E-state index >= 15 is 0 Å². The van der Waals surface area contributed by atoms with Crippen LogP contribution in [-0.2, 0) is 5.41 Å². The summed E-state index contributed by atoms with van der Waals surface area (Å²) < 4.78 is 82.1. The molecule has 0 bridgehead atoms. The lowest BCUT2D eigenvalue weighted by Gasteiger charge is -2.26. The van der Waals surface area contributed by atoms with Crippen molar-refractivity contribution in [2.45, 2.75) is 19.3 Å². The number of benzene rings is 9. The molecule has 1 aromatic heterocycles. The van der Waals surface area contributed by atoms with E-state index in [4.69, 9.17) is 9.90 Å². The van der Waals surface area contributed by atoms with Gasteiger partial charge in [0.05, 0.1) is 11.0 Å². The molecule has 0 radical (unpaired) electrons. The number of hydrogen-bond acceptors (Lipinski definition) is 1. The predicted molar refractivity (Wildman–Crippen MR) is 212 cm³/mol. The van der Waals surface area contributed by atoms with Gasteiger partial charge in [0.15, 0.2) is 0 Å². The highest BCUT2D eigenvalue weighted by Crippen LogP contribution is 2.57. The topological polar surface area (TPSA) is 13.1 Å². The molecule has 1 aliphatic carbocycles. The Hall–Kier alpha value is -6.18. The summed E-state index contributed by atoms with van der Waals surface area (Å²) in [7, 11) is 0. The zero-order chi connectivity index (χ0) is 40.1. The SMILES string of the molecule is [2H]c1c([2H])c([2H])c2c(-c3c4c(cc5c3oc3ccccc35)-c3ccccc3C4(C)C)c3c([2H])c([2H])c([2H])c([2H])c3c(-c3cccc4c3ccc3ccccc34)c2c1[2H]. The van der Waals surface area contributed by atoms with E-state index in [1.807, 2.05) is 91.0 Å². The molecule has 11 rings (SSSR count). The van der Waals surface area contributed by atoms with Crippen molar-refractivity contribution in [2.75, 3.05) is 0 Å². The average Bonchev–Trinajstić information content (AvgIpc) is 3.73. The second-order valence-electron chi connectivity index (χ2n) is 13.8. The normalized spacial score (nSPS) is 15.8. The van der Waals surface area contributed by atoms with Gasteiger partial charge in [0.2, 0.25) is 0 Å². The molecule has 0 N–H and O–H groups in total. The number of rotatable bonds is 2. The van der Waals surface area contributed by atoms with E-state index in [-0.39, 0.29) is 45.7 Å². The summed E-state index contributed by atoms with van der Waals surface area (Å²) in [6.45, 7) is 4.25. The van der Waals surface area contributed by atoms with Crippen molar-refractivity contribution in [1.82, 2.24) is 0 Å². The van der Waals surface area contributed by atoms with Crippen LogP contribution in [0.3, 0.4) is 0 Å². The molecule has 0 saturated carbocycles. The van der Waals surface area contributed by atoms with Crippen LogP contribution in [0.2, 0.25) is 0 Å². The average molecular weight is 645 g/mol. The molecule has 0 spiro atoms. The summed E-state index contributed by atoms with van der Waals surface area (Å²) in [6.07, 6.45) is 0. The van der Waals surface area contributed by atoms with E-state index in [0.29, 0.717) is 33.4 Å². The minimum atomic E-state index is -0.654. The summed E-state index contributed by atoms with van der Waals surface area (Å²) in [5.74, 6) is 0. The van der Waals surface area contributed by atoms with Gasteiger partial charge in [0, 0.05) is 27.3 Å². The lowest BCUT2D eigenvalue weighted by atomic mass is 9.76. The highest BCUT2D eigenvalue weighted by Gasteiger charge is 2.40. The third-order valence-corrected chi connectivity index (χ3v) is 10.9. The fourth-order valence-corrected chi connectivity index (χ4v) is 8.76. The Labute approximate surface area is 301 Å². The maximum Gasteiger partial charge on any atom is 0.143 e. The molecule has 0 aliphatic heterocycles. The Bertz CT molecular complexity index is 3450. The van der Waals surface area contributed by atoms with Crippen LogP contribution < -0.4 is 0 Å². The molecule has 234 valence electrons. The molecule has 10 aromatic rings. The first-order chi connectivity index (χ1) is 27.9. The Balaban J connectivity index is 1.47. The Morgan fingerprint density at radius 2 is 1.08 bits per heavy atom. The van der Waals surface area contributed by atoms with E-state index in [9.17, 15) is 5.48 Å². The van der Waals surface area contributed by atoms with Crippen LogP contribution in [-0.4, -0.2) is 0 Å².